The van der Waals surface area contributed by atoms with Crippen molar-refractivity contribution in [2.24, 2.45) is 5.14 Å². The molecule has 0 unspecified atom stereocenters. The molecule has 1 aliphatic heterocycles. The molecule has 0 spiro atoms. The van der Waals surface area contributed by atoms with Crippen LogP contribution >= 0.6 is 0 Å². The minimum absolute atomic E-state index is 0.0351. The van der Waals surface area contributed by atoms with Gasteiger partial charge in [0.05, 0.1) is 5.69 Å². The summed E-state index contributed by atoms with van der Waals surface area (Å²) in [5.41, 5.74) is 6.69. The molecule has 0 bridgehead atoms. The summed E-state index contributed by atoms with van der Waals surface area (Å²) in [5, 5.41) is 8.33. The maximum Gasteiger partial charge on any atom is 0.240 e. The van der Waals surface area contributed by atoms with Gasteiger partial charge >= 0.3 is 0 Å². The molecule has 0 saturated carbocycles. The van der Waals surface area contributed by atoms with Crippen LogP contribution in [-0.2, 0) is 10.0 Å². The highest BCUT2D eigenvalue weighted by atomic mass is 32.2. The topological polar surface area (TPSA) is 105 Å². The quantitative estimate of drug-likeness (QED) is 0.638. The van der Waals surface area contributed by atoms with E-state index in [-0.39, 0.29) is 10.6 Å². The van der Waals surface area contributed by atoms with E-state index in [9.17, 15) is 8.42 Å². The maximum atomic E-state index is 11.3. The molecular weight excluding hydrogens is 290 g/mol. The van der Waals surface area contributed by atoms with Crippen molar-refractivity contribution in [1.29, 1.82) is 0 Å². The van der Waals surface area contributed by atoms with Crippen molar-refractivity contribution < 1.29 is 8.42 Å². The van der Waals surface area contributed by atoms with Crippen LogP contribution in [0.4, 0.5) is 11.4 Å². The van der Waals surface area contributed by atoms with E-state index in [1.165, 1.54) is 6.07 Å². The summed E-state index contributed by atoms with van der Waals surface area (Å²) < 4.78 is 22.6. The standard InChI is InChI=1S/C13H23N5O2S/c1-17-6-8-18(9-7-17)5-4-16-11-2-3-13(12(14)10-11)21(15,19)20/h2-3,10,16H,4-9,14H2,1H3,(H2,15,19,20). The molecule has 0 aromatic heterocycles. The summed E-state index contributed by atoms with van der Waals surface area (Å²) in [6.45, 7) is 6.07. The lowest BCUT2D eigenvalue weighted by Crippen LogP contribution is -2.45. The Morgan fingerprint density at radius 2 is 1.90 bits per heavy atom. The Labute approximate surface area is 125 Å². The Hall–Kier alpha value is -1.35. The number of hydrogen-bond acceptors (Lipinski definition) is 6. The number of nitrogens with two attached hydrogens (primary N) is 2. The van der Waals surface area contributed by atoms with Crippen LogP contribution in [0.5, 0.6) is 0 Å². The second kappa shape index (κ2) is 6.61. The lowest BCUT2D eigenvalue weighted by atomic mass is 10.2. The van der Waals surface area contributed by atoms with Gasteiger partial charge in [0.25, 0.3) is 0 Å². The first-order valence-corrected chi connectivity index (χ1v) is 8.48. The molecule has 1 fully saturated rings. The van der Waals surface area contributed by atoms with E-state index in [4.69, 9.17) is 10.9 Å². The van der Waals surface area contributed by atoms with E-state index in [1.54, 1.807) is 12.1 Å². The minimum Gasteiger partial charge on any atom is -0.398 e. The van der Waals surface area contributed by atoms with Crippen LogP contribution < -0.4 is 16.2 Å². The molecule has 1 heterocycles. The highest BCUT2D eigenvalue weighted by Crippen LogP contribution is 2.21. The van der Waals surface area contributed by atoms with Crippen molar-refractivity contribution >= 4 is 21.4 Å². The van der Waals surface area contributed by atoms with Gasteiger partial charge in [-0.15, -0.1) is 0 Å². The SMILES string of the molecule is CN1CCN(CCNc2ccc(S(N)(=O)=O)c(N)c2)CC1. The summed E-state index contributed by atoms with van der Waals surface area (Å²) in [6.07, 6.45) is 0. The zero-order valence-electron chi connectivity index (χ0n) is 12.2. The van der Waals surface area contributed by atoms with Crippen molar-refractivity contribution in [2.75, 3.05) is 57.4 Å². The van der Waals surface area contributed by atoms with E-state index in [2.05, 4.69) is 22.2 Å². The Balaban J connectivity index is 1.85. The Bertz CT molecular complexity index is 582. The summed E-state index contributed by atoms with van der Waals surface area (Å²) in [6, 6.07) is 4.71. The van der Waals surface area contributed by atoms with Crippen LogP contribution in [0.25, 0.3) is 0 Å². The molecule has 0 aliphatic carbocycles. The Morgan fingerprint density at radius 3 is 2.48 bits per heavy atom. The number of rotatable bonds is 5. The molecule has 1 aliphatic rings. The first-order valence-electron chi connectivity index (χ1n) is 6.93. The van der Waals surface area contributed by atoms with Crippen molar-refractivity contribution in [3.05, 3.63) is 18.2 Å². The lowest BCUT2D eigenvalue weighted by molar-refractivity contribution is 0.158. The van der Waals surface area contributed by atoms with Gasteiger partial charge in [-0.1, -0.05) is 0 Å². The fraction of sp³-hybridized carbons (Fsp3) is 0.538. The van der Waals surface area contributed by atoms with Crippen LogP contribution in [0.1, 0.15) is 0 Å². The molecule has 0 amide bonds. The van der Waals surface area contributed by atoms with Gasteiger partial charge in [0.15, 0.2) is 0 Å². The van der Waals surface area contributed by atoms with Gasteiger partial charge in [0.2, 0.25) is 10.0 Å². The van der Waals surface area contributed by atoms with Crippen LogP contribution in [0.15, 0.2) is 23.1 Å². The molecule has 0 radical (unpaired) electrons. The summed E-state index contributed by atoms with van der Waals surface area (Å²) in [7, 11) is -1.63. The third kappa shape index (κ3) is 4.57. The number of nitrogens with one attached hydrogen (secondary N) is 1. The van der Waals surface area contributed by atoms with Crippen LogP contribution in [-0.4, -0.2) is 64.5 Å². The molecule has 1 aromatic carbocycles. The van der Waals surface area contributed by atoms with Crippen molar-refractivity contribution in [2.45, 2.75) is 4.90 Å². The highest BCUT2D eigenvalue weighted by Gasteiger charge is 2.14. The van der Waals surface area contributed by atoms with E-state index < -0.39 is 10.0 Å². The van der Waals surface area contributed by atoms with Crippen LogP contribution in [0, 0.1) is 0 Å². The number of nitrogen functional groups attached to an aromatic ring is 1. The highest BCUT2D eigenvalue weighted by molar-refractivity contribution is 7.89. The van der Waals surface area contributed by atoms with Gasteiger partial charge in [-0.05, 0) is 25.2 Å². The average Bonchev–Trinajstić information content (AvgIpc) is 2.40. The normalized spacial score (nSPS) is 17.8. The molecular formula is C13H23N5O2S. The molecule has 5 N–H and O–H groups in total. The molecule has 1 aromatic rings. The number of sulfonamides is 1. The van der Waals surface area contributed by atoms with Crippen molar-refractivity contribution in [1.82, 2.24) is 9.80 Å². The largest absolute Gasteiger partial charge is 0.398 e. The molecule has 2 rings (SSSR count). The summed E-state index contributed by atoms with van der Waals surface area (Å²) in [5.74, 6) is 0. The third-order valence-corrected chi connectivity index (χ3v) is 4.65. The second-order valence-corrected chi connectivity index (χ2v) is 6.90. The van der Waals surface area contributed by atoms with Gasteiger partial charge in [-0.25, -0.2) is 13.6 Å². The van der Waals surface area contributed by atoms with Crippen molar-refractivity contribution in [3.8, 4) is 0 Å². The predicted molar refractivity (Wildman–Crippen MR) is 84.7 cm³/mol. The molecule has 8 heteroatoms. The number of hydrogen-bond donors (Lipinski definition) is 3. The Kier molecular flexibility index (Phi) is 5.04. The van der Waals surface area contributed by atoms with Gasteiger partial charge in [0, 0.05) is 45.0 Å². The molecule has 1 saturated heterocycles. The van der Waals surface area contributed by atoms with E-state index in [0.29, 0.717) is 0 Å². The third-order valence-electron chi connectivity index (χ3n) is 3.67. The van der Waals surface area contributed by atoms with Crippen LogP contribution in [0.2, 0.25) is 0 Å². The summed E-state index contributed by atoms with van der Waals surface area (Å²) >= 11 is 0. The van der Waals surface area contributed by atoms with Gasteiger partial charge in [-0.3, -0.25) is 4.90 Å². The fourth-order valence-corrected chi connectivity index (χ4v) is 2.99. The number of primary sulfonamides is 1. The number of nitrogens with zero attached hydrogens (tertiary/aromatic N) is 2. The Morgan fingerprint density at radius 1 is 1.24 bits per heavy atom. The van der Waals surface area contributed by atoms with Crippen LogP contribution in [0.3, 0.4) is 0 Å². The predicted octanol–water partition coefficient (Wildman–Crippen LogP) is -0.424. The molecule has 0 atom stereocenters. The lowest BCUT2D eigenvalue weighted by Gasteiger charge is -2.32. The monoisotopic (exact) mass is 313 g/mol. The van der Waals surface area contributed by atoms with Gasteiger partial charge < -0.3 is 16.0 Å². The van der Waals surface area contributed by atoms with Crippen molar-refractivity contribution in [3.63, 3.8) is 0 Å². The number of piperazine rings is 1. The first kappa shape index (κ1) is 16.0. The van der Waals surface area contributed by atoms with E-state index >= 15 is 0 Å². The average molecular weight is 313 g/mol. The second-order valence-electron chi connectivity index (χ2n) is 5.37. The first-order chi connectivity index (χ1) is 9.86. The maximum absolute atomic E-state index is 11.3. The van der Waals surface area contributed by atoms with E-state index in [1.807, 2.05) is 0 Å². The zero-order chi connectivity index (χ0) is 15.5. The minimum atomic E-state index is -3.76. The zero-order valence-corrected chi connectivity index (χ0v) is 13.1. The number of benzene rings is 1. The molecule has 7 nitrogen and oxygen atoms in total. The number of likely N-dealkylation sites (N-methyl/N-ethyl adjacent to an activating group) is 1. The fourth-order valence-electron chi connectivity index (χ4n) is 2.35. The number of anilines is 2. The smallest absolute Gasteiger partial charge is 0.240 e. The molecule has 118 valence electrons. The van der Waals surface area contributed by atoms with Gasteiger partial charge in [-0.2, -0.15) is 0 Å². The van der Waals surface area contributed by atoms with E-state index in [0.717, 1.165) is 45.0 Å². The van der Waals surface area contributed by atoms with Gasteiger partial charge in [0.1, 0.15) is 4.90 Å². The molecule has 21 heavy (non-hydrogen) atoms. The summed E-state index contributed by atoms with van der Waals surface area (Å²) in [4.78, 5) is 4.68.